The number of hydrogen-bond donors (Lipinski definition) is 2. The van der Waals surface area contributed by atoms with Crippen molar-refractivity contribution in [2.45, 2.75) is 68.7 Å². The number of carbonyl (C=O) groups excluding carboxylic acids is 1. The van der Waals surface area contributed by atoms with Gasteiger partial charge in [0.25, 0.3) is 0 Å². The molecule has 2 rings (SSSR count). The van der Waals surface area contributed by atoms with E-state index >= 15 is 0 Å². The van der Waals surface area contributed by atoms with E-state index in [1.54, 1.807) is 0 Å². The lowest BCUT2D eigenvalue weighted by Crippen LogP contribution is -2.48. The van der Waals surface area contributed by atoms with Crippen LogP contribution in [0.1, 0.15) is 51.4 Å². The third-order valence-corrected chi connectivity index (χ3v) is 5.18. The lowest BCUT2D eigenvalue weighted by atomic mass is 9.96. The van der Waals surface area contributed by atoms with E-state index in [0.29, 0.717) is 17.3 Å². The first kappa shape index (κ1) is 13.1. The van der Waals surface area contributed by atoms with Gasteiger partial charge in [-0.3, -0.25) is 0 Å². The molecular weight excluding hydrogens is 232 g/mol. The minimum Gasteiger partial charge on any atom is -0.335 e. The average Bonchev–Trinajstić information content (AvgIpc) is 2.77. The van der Waals surface area contributed by atoms with Gasteiger partial charge in [0.1, 0.15) is 0 Å². The van der Waals surface area contributed by atoms with Crippen molar-refractivity contribution in [3.8, 4) is 0 Å². The first-order chi connectivity index (χ1) is 8.29. The van der Waals surface area contributed by atoms with Crippen molar-refractivity contribution in [2.75, 3.05) is 6.26 Å². The fourth-order valence-corrected chi connectivity index (χ4v) is 3.95. The van der Waals surface area contributed by atoms with E-state index in [4.69, 9.17) is 0 Å². The molecule has 0 aliphatic heterocycles. The number of carbonyl (C=O) groups is 1. The monoisotopic (exact) mass is 256 g/mol. The summed E-state index contributed by atoms with van der Waals surface area (Å²) in [5.74, 6) is 0. The number of thioether (sulfide) groups is 1. The molecule has 0 spiro atoms. The fourth-order valence-electron chi connectivity index (χ4n) is 3.02. The van der Waals surface area contributed by atoms with Gasteiger partial charge in [-0.05, 0) is 31.9 Å². The summed E-state index contributed by atoms with van der Waals surface area (Å²) in [6.07, 6.45) is 12.0. The first-order valence-electron chi connectivity index (χ1n) is 6.89. The van der Waals surface area contributed by atoms with E-state index in [9.17, 15) is 4.79 Å². The Kier molecular flexibility index (Phi) is 5.01. The largest absolute Gasteiger partial charge is 0.335 e. The number of amides is 2. The number of hydrogen-bond acceptors (Lipinski definition) is 2. The van der Waals surface area contributed by atoms with Crippen LogP contribution in [-0.2, 0) is 0 Å². The van der Waals surface area contributed by atoms with Crippen molar-refractivity contribution in [1.82, 2.24) is 10.6 Å². The molecule has 17 heavy (non-hydrogen) atoms. The summed E-state index contributed by atoms with van der Waals surface area (Å²) in [4.78, 5) is 11.9. The molecule has 0 aromatic rings. The molecule has 2 saturated carbocycles. The van der Waals surface area contributed by atoms with E-state index in [0.717, 1.165) is 19.3 Å². The molecule has 2 atom stereocenters. The molecule has 98 valence electrons. The van der Waals surface area contributed by atoms with Gasteiger partial charge in [0.2, 0.25) is 0 Å². The predicted octanol–water partition coefficient (Wildman–Crippen LogP) is 2.90. The zero-order valence-corrected chi connectivity index (χ0v) is 11.5. The Balaban J connectivity index is 1.72. The minimum absolute atomic E-state index is 0.0582. The van der Waals surface area contributed by atoms with Gasteiger partial charge >= 0.3 is 6.03 Å². The van der Waals surface area contributed by atoms with Crippen LogP contribution >= 0.6 is 11.8 Å². The summed E-state index contributed by atoms with van der Waals surface area (Å²) in [7, 11) is 0. The van der Waals surface area contributed by atoms with Gasteiger partial charge in [0, 0.05) is 17.3 Å². The van der Waals surface area contributed by atoms with Gasteiger partial charge in [0.15, 0.2) is 0 Å². The van der Waals surface area contributed by atoms with Crippen LogP contribution in [0.15, 0.2) is 0 Å². The fraction of sp³-hybridized carbons (Fsp3) is 0.923. The van der Waals surface area contributed by atoms with Gasteiger partial charge in [0.05, 0.1) is 0 Å². The van der Waals surface area contributed by atoms with Crippen molar-refractivity contribution < 1.29 is 4.79 Å². The summed E-state index contributed by atoms with van der Waals surface area (Å²) in [6.45, 7) is 0. The smallest absolute Gasteiger partial charge is 0.315 e. The summed E-state index contributed by atoms with van der Waals surface area (Å²) in [5.41, 5.74) is 0. The molecule has 4 heteroatoms. The van der Waals surface area contributed by atoms with Crippen LogP contribution in [0, 0.1) is 0 Å². The van der Waals surface area contributed by atoms with Crippen LogP contribution in [0.25, 0.3) is 0 Å². The topological polar surface area (TPSA) is 41.1 Å². The zero-order chi connectivity index (χ0) is 12.1. The van der Waals surface area contributed by atoms with E-state index in [2.05, 4.69) is 16.9 Å². The van der Waals surface area contributed by atoms with Gasteiger partial charge in [-0.25, -0.2) is 4.79 Å². The standard InChI is InChI=1S/C13H24N2OS/c1-17-12-9-5-8-11(12)15-13(16)14-10-6-3-2-4-7-10/h10-12H,2-9H2,1H3,(H2,14,15,16). The third kappa shape index (κ3) is 3.80. The van der Waals surface area contributed by atoms with Gasteiger partial charge < -0.3 is 10.6 Å². The quantitative estimate of drug-likeness (QED) is 0.815. The van der Waals surface area contributed by atoms with Gasteiger partial charge in [-0.1, -0.05) is 25.7 Å². The molecule has 0 aromatic carbocycles. The van der Waals surface area contributed by atoms with Gasteiger partial charge in [-0.15, -0.1) is 0 Å². The highest BCUT2D eigenvalue weighted by atomic mass is 32.2. The highest BCUT2D eigenvalue weighted by molar-refractivity contribution is 7.99. The average molecular weight is 256 g/mol. The van der Waals surface area contributed by atoms with Crippen molar-refractivity contribution in [1.29, 1.82) is 0 Å². The van der Waals surface area contributed by atoms with Crippen molar-refractivity contribution in [3.63, 3.8) is 0 Å². The van der Waals surface area contributed by atoms with Crippen molar-refractivity contribution in [2.24, 2.45) is 0 Å². The summed E-state index contributed by atoms with van der Waals surface area (Å²) >= 11 is 1.89. The maximum Gasteiger partial charge on any atom is 0.315 e. The van der Waals surface area contributed by atoms with Crippen LogP contribution < -0.4 is 10.6 Å². The van der Waals surface area contributed by atoms with Crippen LogP contribution in [0.3, 0.4) is 0 Å². The van der Waals surface area contributed by atoms with E-state index in [1.165, 1.54) is 32.1 Å². The lowest BCUT2D eigenvalue weighted by molar-refractivity contribution is 0.229. The van der Waals surface area contributed by atoms with Crippen LogP contribution in [0.5, 0.6) is 0 Å². The van der Waals surface area contributed by atoms with E-state index in [1.807, 2.05) is 11.8 Å². The molecule has 2 unspecified atom stereocenters. The number of rotatable bonds is 3. The highest BCUT2D eigenvalue weighted by Crippen LogP contribution is 2.28. The van der Waals surface area contributed by atoms with E-state index in [-0.39, 0.29) is 6.03 Å². The molecule has 0 heterocycles. The molecule has 2 N–H and O–H groups in total. The third-order valence-electron chi connectivity index (χ3n) is 4.01. The number of urea groups is 1. The molecule has 2 aliphatic carbocycles. The second kappa shape index (κ2) is 6.53. The Morgan fingerprint density at radius 2 is 1.76 bits per heavy atom. The van der Waals surface area contributed by atoms with Gasteiger partial charge in [-0.2, -0.15) is 11.8 Å². The summed E-state index contributed by atoms with van der Waals surface area (Å²) in [6, 6.07) is 0.856. The molecule has 0 saturated heterocycles. The second-order valence-corrected chi connectivity index (χ2v) is 6.34. The Bertz CT molecular complexity index is 254. The zero-order valence-electron chi connectivity index (χ0n) is 10.7. The second-order valence-electron chi connectivity index (χ2n) is 5.26. The highest BCUT2D eigenvalue weighted by Gasteiger charge is 2.28. The predicted molar refractivity (Wildman–Crippen MR) is 73.5 cm³/mol. The SMILES string of the molecule is CSC1CCCC1NC(=O)NC1CCCCC1. The summed E-state index contributed by atoms with van der Waals surface area (Å²) < 4.78 is 0. The summed E-state index contributed by atoms with van der Waals surface area (Å²) in [5, 5.41) is 6.91. The van der Waals surface area contributed by atoms with E-state index < -0.39 is 0 Å². The van der Waals surface area contributed by atoms with Crippen LogP contribution in [0.4, 0.5) is 4.79 Å². The van der Waals surface area contributed by atoms with Crippen molar-refractivity contribution >= 4 is 17.8 Å². The molecule has 0 radical (unpaired) electrons. The molecule has 2 aliphatic rings. The Hall–Kier alpha value is -0.380. The molecular formula is C13H24N2OS. The minimum atomic E-state index is 0.0582. The molecule has 0 bridgehead atoms. The normalized spacial score (nSPS) is 30.2. The Morgan fingerprint density at radius 1 is 1.00 bits per heavy atom. The maximum absolute atomic E-state index is 11.9. The Morgan fingerprint density at radius 3 is 2.47 bits per heavy atom. The lowest BCUT2D eigenvalue weighted by Gasteiger charge is -2.25. The molecule has 0 aromatic heterocycles. The molecule has 2 amide bonds. The van der Waals surface area contributed by atoms with Crippen molar-refractivity contribution in [3.05, 3.63) is 0 Å². The molecule has 2 fully saturated rings. The van der Waals surface area contributed by atoms with Crippen LogP contribution in [-0.4, -0.2) is 29.6 Å². The van der Waals surface area contributed by atoms with Crippen LogP contribution in [0.2, 0.25) is 0 Å². The first-order valence-corrected chi connectivity index (χ1v) is 8.18. The maximum atomic E-state index is 11.9. The Labute approximate surface area is 108 Å². The molecule has 3 nitrogen and oxygen atoms in total. The number of nitrogens with one attached hydrogen (secondary N) is 2.